The zero-order valence-corrected chi connectivity index (χ0v) is 16.5. The third-order valence-electron chi connectivity index (χ3n) is 4.76. The van der Waals surface area contributed by atoms with Gasteiger partial charge in [-0.15, -0.1) is 0 Å². The van der Waals surface area contributed by atoms with Crippen LogP contribution < -0.4 is 9.64 Å². The molecule has 1 aliphatic heterocycles. The van der Waals surface area contributed by atoms with Crippen molar-refractivity contribution in [2.45, 2.75) is 13.8 Å². The number of piperazine rings is 1. The van der Waals surface area contributed by atoms with Crippen molar-refractivity contribution >= 4 is 15.7 Å². The second kappa shape index (κ2) is 8.27. The molecular weight excluding hydrogens is 367 g/mol. The van der Waals surface area contributed by atoms with Crippen molar-refractivity contribution in [3.8, 4) is 5.75 Å². The average Bonchev–Trinajstić information content (AvgIpc) is 2.65. The molecule has 0 saturated carbocycles. The van der Waals surface area contributed by atoms with E-state index in [0.29, 0.717) is 31.9 Å². The fraction of sp³-hybridized carbons (Fsp3) is 0.400. The van der Waals surface area contributed by atoms with E-state index < -0.39 is 10.0 Å². The maximum Gasteiger partial charge on any atom is 0.217 e. The number of benzene rings is 2. The van der Waals surface area contributed by atoms with Crippen LogP contribution in [-0.4, -0.2) is 51.3 Å². The fourth-order valence-electron chi connectivity index (χ4n) is 3.19. The quantitative estimate of drug-likeness (QED) is 0.758. The van der Waals surface area contributed by atoms with Gasteiger partial charge in [0.05, 0.1) is 5.75 Å². The highest BCUT2D eigenvalue weighted by molar-refractivity contribution is 7.89. The van der Waals surface area contributed by atoms with Crippen LogP contribution in [-0.2, 0) is 10.0 Å². The number of hydrogen-bond donors (Lipinski definition) is 0. The van der Waals surface area contributed by atoms with Gasteiger partial charge in [0, 0.05) is 31.9 Å². The van der Waals surface area contributed by atoms with Crippen molar-refractivity contribution in [3.63, 3.8) is 0 Å². The van der Waals surface area contributed by atoms with Crippen LogP contribution >= 0.6 is 0 Å². The predicted molar refractivity (Wildman–Crippen MR) is 105 cm³/mol. The molecule has 0 N–H and O–H groups in total. The monoisotopic (exact) mass is 392 g/mol. The highest BCUT2D eigenvalue weighted by Crippen LogP contribution is 2.23. The molecule has 1 saturated heterocycles. The first-order chi connectivity index (χ1) is 12.8. The van der Waals surface area contributed by atoms with E-state index in [1.165, 1.54) is 45.4 Å². The Kier molecular flexibility index (Phi) is 6.01. The summed E-state index contributed by atoms with van der Waals surface area (Å²) < 4.78 is 45.0. The molecule has 0 unspecified atom stereocenters. The van der Waals surface area contributed by atoms with Gasteiger partial charge in [-0.05, 0) is 55.3 Å². The molecule has 0 spiro atoms. The Balaban J connectivity index is 1.53. The lowest BCUT2D eigenvalue weighted by atomic mass is 10.1. The number of aryl methyl sites for hydroxylation is 2. The Morgan fingerprint density at radius 3 is 2.33 bits per heavy atom. The largest absolute Gasteiger partial charge is 0.492 e. The van der Waals surface area contributed by atoms with Crippen LogP contribution in [0.15, 0.2) is 42.5 Å². The smallest absolute Gasteiger partial charge is 0.217 e. The summed E-state index contributed by atoms with van der Waals surface area (Å²) in [5.74, 6) is 0.0245. The molecule has 146 valence electrons. The maximum atomic E-state index is 12.9. The zero-order valence-electron chi connectivity index (χ0n) is 15.7. The van der Waals surface area contributed by atoms with Gasteiger partial charge in [-0.1, -0.05) is 12.1 Å². The Bertz CT molecular complexity index is 877. The second-order valence-electron chi connectivity index (χ2n) is 6.79. The molecule has 0 atom stereocenters. The number of ether oxygens (including phenoxy) is 1. The normalized spacial score (nSPS) is 15.7. The van der Waals surface area contributed by atoms with E-state index in [9.17, 15) is 12.8 Å². The van der Waals surface area contributed by atoms with Gasteiger partial charge in [-0.3, -0.25) is 0 Å². The maximum absolute atomic E-state index is 12.9. The fourth-order valence-corrected chi connectivity index (χ4v) is 4.46. The summed E-state index contributed by atoms with van der Waals surface area (Å²) >= 11 is 0. The number of halogens is 1. The van der Waals surface area contributed by atoms with Crippen LogP contribution in [0.25, 0.3) is 0 Å². The van der Waals surface area contributed by atoms with Gasteiger partial charge in [0.15, 0.2) is 0 Å². The first-order valence-electron chi connectivity index (χ1n) is 9.03. The first kappa shape index (κ1) is 19.6. The number of anilines is 1. The van der Waals surface area contributed by atoms with E-state index in [-0.39, 0.29) is 18.2 Å². The highest BCUT2D eigenvalue weighted by atomic mass is 32.2. The lowest BCUT2D eigenvalue weighted by Crippen LogP contribution is -2.49. The SMILES string of the molecule is Cc1ccc(C)c(N2CCN(S(=O)(=O)CCOc3ccc(F)cc3)CC2)c1. The van der Waals surface area contributed by atoms with Gasteiger partial charge in [0.1, 0.15) is 18.2 Å². The molecule has 0 aromatic heterocycles. The Hall–Kier alpha value is -2.12. The molecule has 1 heterocycles. The minimum absolute atomic E-state index is 0.0468. The Labute approximate surface area is 160 Å². The number of nitrogens with zero attached hydrogens (tertiary/aromatic N) is 2. The zero-order chi connectivity index (χ0) is 19.4. The van der Waals surface area contributed by atoms with E-state index >= 15 is 0 Å². The summed E-state index contributed by atoms with van der Waals surface area (Å²) in [5.41, 5.74) is 3.57. The van der Waals surface area contributed by atoms with Crippen molar-refractivity contribution in [1.82, 2.24) is 4.31 Å². The van der Waals surface area contributed by atoms with Crippen LogP contribution in [0.4, 0.5) is 10.1 Å². The summed E-state index contributed by atoms with van der Waals surface area (Å²) in [7, 11) is -3.38. The van der Waals surface area contributed by atoms with Gasteiger partial charge in [-0.2, -0.15) is 4.31 Å². The topological polar surface area (TPSA) is 49.9 Å². The number of sulfonamides is 1. The molecule has 7 heteroatoms. The average molecular weight is 392 g/mol. The van der Waals surface area contributed by atoms with Gasteiger partial charge >= 0.3 is 0 Å². The van der Waals surface area contributed by atoms with Gasteiger partial charge in [0.25, 0.3) is 0 Å². The third-order valence-corrected chi connectivity index (χ3v) is 6.60. The third kappa shape index (κ3) is 4.99. The van der Waals surface area contributed by atoms with E-state index in [1.54, 1.807) is 0 Å². The van der Waals surface area contributed by atoms with Gasteiger partial charge < -0.3 is 9.64 Å². The number of rotatable bonds is 6. The van der Waals surface area contributed by atoms with E-state index in [2.05, 4.69) is 36.9 Å². The lowest BCUT2D eigenvalue weighted by Gasteiger charge is -2.36. The Morgan fingerprint density at radius 1 is 1.00 bits per heavy atom. The summed E-state index contributed by atoms with van der Waals surface area (Å²) in [5, 5.41) is 0. The van der Waals surface area contributed by atoms with E-state index in [4.69, 9.17) is 4.74 Å². The van der Waals surface area contributed by atoms with Crippen molar-refractivity contribution in [3.05, 3.63) is 59.4 Å². The molecule has 1 aliphatic rings. The first-order valence-corrected chi connectivity index (χ1v) is 10.6. The molecule has 27 heavy (non-hydrogen) atoms. The molecule has 1 fully saturated rings. The lowest BCUT2D eigenvalue weighted by molar-refractivity contribution is 0.330. The minimum Gasteiger partial charge on any atom is -0.492 e. The molecule has 5 nitrogen and oxygen atoms in total. The van der Waals surface area contributed by atoms with Gasteiger partial charge in [0.2, 0.25) is 10.0 Å². The van der Waals surface area contributed by atoms with Crippen LogP contribution in [0.1, 0.15) is 11.1 Å². The van der Waals surface area contributed by atoms with Crippen LogP contribution in [0, 0.1) is 19.7 Å². The molecule has 2 aromatic rings. The van der Waals surface area contributed by atoms with E-state index in [0.717, 1.165) is 0 Å². The molecule has 0 aliphatic carbocycles. The standard InChI is InChI=1S/C20H25FN2O3S/c1-16-3-4-17(2)20(15-16)22-9-11-23(12-10-22)27(24,25)14-13-26-19-7-5-18(21)6-8-19/h3-8,15H,9-14H2,1-2H3. The molecular formula is C20H25FN2O3S. The van der Waals surface area contributed by atoms with Crippen molar-refractivity contribution in [1.29, 1.82) is 0 Å². The molecule has 0 radical (unpaired) electrons. The number of hydrogen-bond acceptors (Lipinski definition) is 4. The summed E-state index contributed by atoms with van der Waals surface area (Å²) in [6, 6.07) is 11.9. The minimum atomic E-state index is -3.38. The molecule has 0 bridgehead atoms. The second-order valence-corrected chi connectivity index (χ2v) is 8.88. The molecule has 3 rings (SSSR count). The van der Waals surface area contributed by atoms with Crippen LogP contribution in [0.3, 0.4) is 0 Å². The predicted octanol–water partition coefficient (Wildman–Crippen LogP) is 2.97. The summed E-state index contributed by atoms with van der Waals surface area (Å²) in [4.78, 5) is 2.24. The highest BCUT2D eigenvalue weighted by Gasteiger charge is 2.27. The molecule has 0 amide bonds. The van der Waals surface area contributed by atoms with Crippen molar-refractivity contribution < 1.29 is 17.5 Å². The van der Waals surface area contributed by atoms with Crippen molar-refractivity contribution in [2.75, 3.05) is 43.4 Å². The summed E-state index contributed by atoms with van der Waals surface area (Å²) in [6.45, 7) is 6.45. The van der Waals surface area contributed by atoms with Crippen molar-refractivity contribution in [2.24, 2.45) is 0 Å². The Morgan fingerprint density at radius 2 is 1.67 bits per heavy atom. The van der Waals surface area contributed by atoms with Crippen LogP contribution in [0.2, 0.25) is 0 Å². The van der Waals surface area contributed by atoms with Gasteiger partial charge in [-0.25, -0.2) is 12.8 Å². The molecule has 2 aromatic carbocycles. The summed E-state index contributed by atoms with van der Waals surface area (Å²) in [6.07, 6.45) is 0. The van der Waals surface area contributed by atoms with E-state index in [1.807, 2.05) is 0 Å². The van der Waals surface area contributed by atoms with Crippen LogP contribution in [0.5, 0.6) is 5.75 Å².